The molecular weight excluding hydrogens is 248 g/mol. The van der Waals surface area contributed by atoms with E-state index < -0.39 is 20.6 Å². The first-order chi connectivity index (χ1) is 8.50. The molecule has 1 heterocycles. The quantitative estimate of drug-likeness (QED) is 0.842. The lowest BCUT2D eigenvalue weighted by atomic mass is 9.92. The van der Waals surface area contributed by atoms with Gasteiger partial charge in [0.2, 0.25) is 0 Å². The minimum atomic E-state index is -2.99. The first kappa shape index (κ1) is 13.5. The first-order valence-corrected chi connectivity index (χ1v) is 7.92. The molecule has 1 aromatic carbocycles. The van der Waals surface area contributed by atoms with Crippen LogP contribution in [0.5, 0.6) is 0 Å². The molecule has 100 valence electrons. The number of rotatable bonds is 4. The number of sulfone groups is 1. The van der Waals surface area contributed by atoms with Crippen LogP contribution in [0.2, 0.25) is 0 Å². The summed E-state index contributed by atoms with van der Waals surface area (Å²) in [6.45, 7) is 2.76. The van der Waals surface area contributed by atoms with Crippen molar-refractivity contribution < 1.29 is 8.42 Å². The second-order valence-corrected chi connectivity index (χ2v) is 7.40. The van der Waals surface area contributed by atoms with Gasteiger partial charge in [0.15, 0.2) is 9.84 Å². The van der Waals surface area contributed by atoms with Gasteiger partial charge in [-0.05, 0) is 18.9 Å². The van der Waals surface area contributed by atoms with Gasteiger partial charge in [0, 0.05) is 18.6 Å². The zero-order valence-corrected chi connectivity index (χ0v) is 11.4. The maximum Gasteiger partial charge on any atom is 0.154 e. The Hall–Kier alpha value is -0.910. The smallest absolute Gasteiger partial charge is 0.154 e. The van der Waals surface area contributed by atoms with Crippen molar-refractivity contribution in [3.05, 3.63) is 35.9 Å². The molecular formula is C13H20N2O2S. The summed E-state index contributed by atoms with van der Waals surface area (Å²) in [7, 11) is -2.99. The second-order valence-electron chi connectivity index (χ2n) is 4.96. The van der Waals surface area contributed by atoms with E-state index in [9.17, 15) is 8.42 Å². The summed E-state index contributed by atoms with van der Waals surface area (Å²) in [6.07, 6.45) is 0.597. The van der Waals surface area contributed by atoms with Crippen LogP contribution in [0.1, 0.15) is 18.9 Å². The molecule has 0 bridgehead atoms. The fourth-order valence-electron chi connectivity index (χ4n) is 2.49. The average molecular weight is 268 g/mol. The largest absolute Gasteiger partial charge is 0.329 e. The van der Waals surface area contributed by atoms with Crippen molar-refractivity contribution in [1.82, 2.24) is 5.32 Å². The molecule has 4 nitrogen and oxygen atoms in total. The summed E-state index contributed by atoms with van der Waals surface area (Å²) >= 11 is 0. The van der Waals surface area contributed by atoms with E-state index in [4.69, 9.17) is 5.73 Å². The summed E-state index contributed by atoms with van der Waals surface area (Å²) in [5.74, 6) is 0.229. The highest BCUT2D eigenvalue weighted by atomic mass is 32.2. The van der Waals surface area contributed by atoms with Crippen molar-refractivity contribution in [1.29, 1.82) is 0 Å². The Kier molecular flexibility index (Phi) is 3.75. The molecule has 18 heavy (non-hydrogen) atoms. The van der Waals surface area contributed by atoms with Crippen LogP contribution in [0.25, 0.3) is 0 Å². The summed E-state index contributed by atoms with van der Waals surface area (Å²) in [6, 6.07) is 9.95. The van der Waals surface area contributed by atoms with Gasteiger partial charge in [0.05, 0.1) is 11.0 Å². The van der Waals surface area contributed by atoms with Crippen LogP contribution in [-0.4, -0.2) is 31.5 Å². The van der Waals surface area contributed by atoms with Gasteiger partial charge in [0.1, 0.15) is 0 Å². The molecule has 1 saturated heterocycles. The van der Waals surface area contributed by atoms with E-state index in [0.29, 0.717) is 19.5 Å². The van der Waals surface area contributed by atoms with Crippen molar-refractivity contribution in [2.45, 2.75) is 30.7 Å². The van der Waals surface area contributed by atoms with Gasteiger partial charge in [-0.15, -0.1) is 0 Å². The predicted molar refractivity (Wildman–Crippen MR) is 72.9 cm³/mol. The van der Waals surface area contributed by atoms with Gasteiger partial charge in [0.25, 0.3) is 0 Å². The van der Waals surface area contributed by atoms with Gasteiger partial charge in [-0.2, -0.15) is 0 Å². The van der Waals surface area contributed by atoms with Gasteiger partial charge >= 0.3 is 0 Å². The number of hydrogen-bond donors (Lipinski definition) is 2. The van der Waals surface area contributed by atoms with E-state index in [1.807, 2.05) is 30.3 Å². The molecule has 0 radical (unpaired) electrons. The van der Waals surface area contributed by atoms with Crippen LogP contribution in [0, 0.1) is 0 Å². The Morgan fingerprint density at radius 3 is 2.56 bits per heavy atom. The SMILES string of the molecule is CC1C(CN)(NCc2ccccc2)CCS1(=O)=O. The lowest BCUT2D eigenvalue weighted by Crippen LogP contribution is -2.56. The molecule has 2 unspecified atom stereocenters. The highest BCUT2D eigenvalue weighted by Crippen LogP contribution is 2.30. The number of hydrogen-bond acceptors (Lipinski definition) is 4. The lowest BCUT2D eigenvalue weighted by molar-refractivity contribution is 0.329. The molecule has 0 aromatic heterocycles. The Balaban J connectivity index is 2.11. The Morgan fingerprint density at radius 1 is 1.39 bits per heavy atom. The molecule has 2 atom stereocenters. The highest BCUT2D eigenvalue weighted by molar-refractivity contribution is 7.92. The second kappa shape index (κ2) is 4.99. The molecule has 0 amide bonds. The van der Waals surface area contributed by atoms with Gasteiger partial charge < -0.3 is 11.1 Å². The third kappa shape index (κ3) is 2.43. The summed E-state index contributed by atoms with van der Waals surface area (Å²) in [4.78, 5) is 0. The highest BCUT2D eigenvalue weighted by Gasteiger charge is 2.48. The van der Waals surface area contributed by atoms with E-state index in [-0.39, 0.29) is 5.75 Å². The molecule has 1 fully saturated rings. The van der Waals surface area contributed by atoms with Gasteiger partial charge in [-0.25, -0.2) is 8.42 Å². The molecule has 0 saturated carbocycles. The predicted octanol–water partition coefficient (Wildman–Crippen LogP) is 0.681. The van der Waals surface area contributed by atoms with E-state index in [1.54, 1.807) is 6.92 Å². The van der Waals surface area contributed by atoms with Crippen molar-refractivity contribution in [3.63, 3.8) is 0 Å². The van der Waals surface area contributed by atoms with Crippen molar-refractivity contribution in [2.75, 3.05) is 12.3 Å². The van der Waals surface area contributed by atoms with Crippen LogP contribution in [0.15, 0.2) is 30.3 Å². The minimum Gasteiger partial charge on any atom is -0.329 e. The zero-order valence-electron chi connectivity index (χ0n) is 10.6. The van der Waals surface area contributed by atoms with E-state index in [2.05, 4.69) is 5.32 Å². The maximum absolute atomic E-state index is 11.9. The molecule has 3 N–H and O–H groups in total. The fraction of sp³-hybridized carbons (Fsp3) is 0.538. The first-order valence-electron chi connectivity index (χ1n) is 6.21. The molecule has 0 spiro atoms. The summed E-state index contributed by atoms with van der Waals surface area (Å²) in [5.41, 5.74) is 6.48. The fourth-order valence-corrected chi connectivity index (χ4v) is 4.48. The van der Waals surface area contributed by atoms with Crippen molar-refractivity contribution in [3.8, 4) is 0 Å². The van der Waals surface area contributed by atoms with Crippen LogP contribution < -0.4 is 11.1 Å². The summed E-state index contributed by atoms with van der Waals surface area (Å²) in [5, 5.41) is 2.94. The molecule has 1 aliphatic rings. The van der Waals surface area contributed by atoms with Gasteiger partial charge in [-0.3, -0.25) is 0 Å². The molecule has 0 aliphatic carbocycles. The monoisotopic (exact) mass is 268 g/mol. The number of benzene rings is 1. The van der Waals surface area contributed by atoms with Crippen LogP contribution >= 0.6 is 0 Å². The molecule has 5 heteroatoms. The van der Waals surface area contributed by atoms with E-state index >= 15 is 0 Å². The van der Waals surface area contributed by atoms with E-state index in [1.165, 1.54) is 0 Å². The number of nitrogens with two attached hydrogens (primary N) is 1. The van der Waals surface area contributed by atoms with Crippen LogP contribution in [0.3, 0.4) is 0 Å². The number of nitrogens with one attached hydrogen (secondary N) is 1. The molecule has 2 rings (SSSR count). The third-order valence-electron chi connectivity index (χ3n) is 4.00. The zero-order chi connectivity index (χ0) is 13.2. The topological polar surface area (TPSA) is 72.2 Å². The van der Waals surface area contributed by atoms with Crippen molar-refractivity contribution >= 4 is 9.84 Å². The standard InChI is InChI=1S/C13H20N2O2S/c1-11-13(10-14,7-8-18(11,16)17)15-9-12-5-3-2-4-6-12/h2-6,11,15H,7-10,14H2,1H3. The van der Waals surface area contributed by atoms with E-state index in [0.717, 1.165) is 5.56 Å². The molecule has 1 aliphatic heterocycles. The lowest BCUT2D eigenvalue weighted by Gasteiger charge is -2.32. The molecule has 1 aromatic rings. The van der Waals surface area contributed by atoms with Crippen molar-refractivity contribution in [2.24, 2.45) is 5.73 Å². The maximum atomic E-state index is 11.9. The Labute approximate surface area is 108 Å². The Bertz CT molecular complexity index is 501. The summed E-state index contributed by atoms with van der Waals surface area (Å²) < 4.78 is 23.7. The van der Waals surface area contributed by atoms with Crippen LogP contribution in [0.4, 0.5) is 0 Å². The minimum absolute atomic E-state index is 0.229. The normalized spacial score (nSPS) is 30.4. The Morgan fingerprint density at radius 2 is 2.06 bits per heavy atom. The average Bonchev–Trinajstić information content (AvgIpc) is 2.62. The third-order valence-corrected chi connectivity index (χ3v) is 6.30. The van der Waals surface area contributed by atoms with Gasteiger partial charge in [-0.1, -0.05) is 30.3 Å². The van der Waals surface area contributed by atoms with Crippen LogP contribution in [-0.2, 0) is 16.4 Å².